The maximum absolute atomic E-state index is 5.73. The molecule has 0 aliphatic carbocycles. The van der Waals surface area contributed by atoms with E-state index in [1.165, 1.54) is 5.69 Å². The lowest BCUT2D eigenvalue weighted by atomic mass is 10.0. The first-order valence-electron chi connectivity index (χ1n) is 4.67. The highest BCUT2D eigenvalue weighted by Crippen LogP contribution is 2.24. The van der Waals surface area contributed by atoms with Crippen LogP contribution < -0.4 is 10.6 Å². The van der Waals surface area contributed by atoms with Crippen molar-refractivity contribution in [1.29, 1.82) is 0 Å². The maximum atomic E-state index is 5.73. The Morgan fingerprint density at radius 3 is 2.57 bits per heavy atom. The molecule has 0 heterocycles. The summed E-state index contributed by atoms with van der Waals surface area (Å²) in [6.07, 6.45) is 0. The highest BCUT2D eigenvalue weighted by atomic mass is 79.9. The molecule has 0 radical (unpaired) electrons. The zero-order valence-electron chi connectivity index (χ0n) is 8.92. The fraction of sp³-hybridized carbons (Fsp3) is 0.455. The number of nitrogens with zero attached hydrogens (tertiary/aromatic N) is 1. The maximum Gasteiger partial charge on any atom is 0.0464 e. The van der Waals surface area contributed by atoms with Gasteiger partial charge in [0.05, 0.1) is 0 Å². The molecule has 14 heavy (non-hydrogen) atoms. The van der Waals surface area contributed by atoms with E-state index in [0.717, 1.165) is 4.47 Å². The average molecular weight is 257 g/mol. The third-order valence-electron chi connectivity index (χ3n) is 2.60. The number of nitrogens with two attached hydrogens (primary N) is 1. The van der Waals surface area contributed by atoms with Crippen LogP contribution >= 0.6 is 15.9 Å². The summed E-state index contributed by atoms with van der Waals surface area (Å²) in [7, 11) is 2.06. The van der Waals surface area contributed by atoms with Crippen molar-refractivity contribution in [3.8, 4) is 0 Å². The summed E-state index contributed by atoms with van der Waals surface area (Å²) in [5.41, 5.74) is 6.89. The Hall–Kier alpha value is -0.540. The van der Waals surface area contributed by atoms with Crippen LogP contribution in [0.4, 0.5) is 5.69 Å². The minimum atomic E-state index is -0.0131. The van der Waals surface area contributed by atoms with Gasteiger partial charge in [0.1, 0.15) is 0 Å². The van der Waals surface area contributed by atoms with E-state index in [-0.39, 0.29) is 5.54 Å². The van der Waals surface area contributed by atoms with Crippen molar-refractivity contribution in [2.45, 2.75) is 19.4 Å². The summed E-state index contributed by atoms with van der Waals surface area (Å²) in [5, 5.41) is 0. The third-order valence-corrected chi connectivity index (χ3v) is 3.10. The van der Waals surface area contributed by atoms with E-state index in [9.17, 15) is 0 Å². The van der Waals surface area contributed by atoms with Gasteiger partial charge in [0.2, 0.25) is 0 Å². The lowest BCUT2D eigenvalue weighted by Crippen LogP contribution is -2.47. The van der Waals surface area contributed by atoms with Gasteiger partial charge in [-0.25, -0.2) is 0 Å². The van der Waals surface area contributed by atoms with Gasteiger partial charge in [0, 0.05) is 29.3 Å². The van der Waals surface area contributed by atoms with Crippen LogP contribution in [0.15, 0.2) is 28.7 Å². The van der Waals surface area contributed by atoms with E-state index in [2.05, 4.69) is 53.9 Å². The van der Waals surface area contributed by atoms with Crippen molar-refractivity contribution in [2.75, 3.05) is 18.5 Å². The molecule has 0 aliphatic heterocycles. The Morgan fingerprint density at radius 2 is 2.07 bits per heavy atom. The molecule has 0 bridgehead atoms. The van der Waals surface area contributed by atoms with Crippen LogP contribution in [0.5, 0.6) is 0 Å². The lowest BCUT2D eigenvalue weighted by molar-refractivity contribution is 0.498. The van der Waals surface area contributed by atoms with Crippen LogP contribution in [0.3, 0.4) is 0 Å². The van der Waals surface area contributed by atoms with Gasteiger partial charge >= 0.3 is 0 Å². The molecular weight excluding hydrogens is 240 g/mol. The van der Waals surface area contributed by atoms with Crippen molar-refractivity contribution >= 4 is 21.6 Å². The van der Waals surface area contributed by atoms with Crippen LogP contribution in [0, 0.1) is 0 Å². The van der Waals surface area contributed by atoms with Gasteiger partial charge in [-0.15, -0.1) is 0 Å². The minimum absolute atomic E-state index is 0.0131. The van der Waals surface area contributed by atoms with Crippen molar-refractivity contribution in [3.63, 3.8) is 0 Å². The first-order valence-corrected chi connectivity index (χ1v) is 5.46. The molecule has 1 rings (SSSR count). The average Bonchev–Trinajstić information content (AvgIpc) is 2.16. The second-order valence-electron chi connectivity index (χ2n) is 4.06. The van der Waals surface area contributed by atoms with Crippen LogP contribution in [-0.2, 0) is 0 Å². The SMILES string of the molecule is CN(c1cccc(Br)c1)C(C)(C)CN. The summed E-state index contributed by atoms with van der Waals surface area (Å²) in [6.45, 7) is 4.90. The van der Waals surface area contributed by atoms with E-state index >= 15 is 0 Å². The molecule has 0 saturated heterocycles. The first-order chi connectivity index (χ1) is 6.47. The molecule has 1 aromatic carbocycles. The van der Waals surface area contributed by atoms with Crippen LogP contribution in [0.25, 0.3) is 0 Å². The minimum Gasteiger partial charge on any atom is -0.368 e. The topological polar surface area (TPSA) is 29.3 Å². The predicted molar refractivity (Wildman–Crippen MR) is 65.7 cm³/mol. The van der Waals surface area contributed by atoms with Gasteiger partial charge in [-0.2, -0.15) is 0 Å². The molecule has 2 nitrogen and oxygen atoms in total. The van der Waals surface area contributed by atoms with Crippen molar-refractivity contribution in [2.24, 2.45) is 5.73 Å². The zero-order valence-corrected chi connectivity index (χ0v) is 10.5. The van der Waals surface area contributed by atoms with Gasteiger partial charge in [-0.1, -0.05) is 22.0 Å². The monoisotopic (exact) mass is 256 g/mol. The second kappa shape index (κ2) is 4.32. The molecule has 0 saturated carbocycles. The standard InChI is InChI=1S/C11H17BrN2/c1-11(2,8-13)14(3)10-6-4-5-9(12)7-10/h4-7H,8,13H2,1-3H3. The van der Waals surface area contributed by atoms with Crippen LogP contribution in [-0.4, -0.2) is 19.1 Å². The lowest BCUT2D eigenvalue weighted by Gasteiger charge is -2.36. The Bertz CT molecular complexity index is 310. The highest BCUT2D eigenvalue weighted by molar-refractivity contribution is 9.10. The quantitative estimate of drug-likeness (QED) is 0.901. The molecule has 0 aliphatic rings. The summed E-state index contributed by atoms with van der Waals surface area (Å²) in [6, 6.07) is 8.23. The number of rotatable bonds is 3. The number of benzene rings is 1. The molecule has 0 amide bonds. The summed E-state index contributed by atoms with van der Waals surface area (Å²) in [5.74, 6) is 0. The van der Waals surface area contributed by atoms with E-state index < -0.39 is 0 Å². The Kier molecular flexibility index (Phi) is 3.56. The normalized spacial score (nSPS) is 11.5. The van der Waals surface area contributed by atoms with E-state index in [4.69, 9.17) is 5.73 Å². The molecule has 2 N–H and O–H groups in total. The summed E-state index contributed by atoms with van der Waals surface area (Å²) < 4.78 is 1.09. The van der Waals surface area contributed by atoms with Gasteiger partial charge < -0.3 is 10.6 Å². The van der Waals surface area contributed by atoms with E-state index in [1.807, 2.05) is 12.1 Å². The molecule has 0 unspecified atom stereocenters. The smallest absolute Gasteiger partial charge is 0.0464 e. The summed E-state index contributed by atoms with van der Waals surface area (Å²) in [4.78, 5) is 2.19. The molecule has 0 spiro atoms. The zero-order chi connectivity index (χ0) is 10.8. The Labute approximate surface area is 94.2 Å². The van der Waals surface area contributed by atoms with Crippen LogP contribution in [0.1, 0.15) is 13.8 Å². The van der Waals surface area contributed by atoms with Crippen molar-refractivity contribution in [1.82, 2.24) is 0 Å². The molecule has 3 heteroatoms. The van der Waals surface area contributed by atoms with Crippen molar-refractivity contribution in [3.05, 3.63) is 28.7 Å². The fourth-order valence-corrected chi connectivity index (χ4v) is 1.56. The number of anilines is 1. The largest absolute Gasteiger partial charge is 0.368 e. The molecular formula is C11H17BrN2. The van der Waals surface area contributed by atoms with E-state index in [0.29, 0.717) is 6.54 Å². The van der Waals surface area contributed by atoms with Crippen LogP contribution in [0.2, 0.25) is 0 Å². The fourth-order valence-electron chi connectivity index (χ4n) is 1.17. The number of halogens is 1. The Morgan fingerprint density at radius 1 is 1.43 bits per heavy atom. The summed E-state index contributed by atoms with van der Waals surface area (Å²) >= 11 is 3.46. The molecule has 1 aromatic rings. The second-order valence-corrected chi connectivity index (χ2v) is 4.97. The predicted octanol–water partition coefficient (Wildman–Crippen LogP) is 2.62. The molecule has 78 valence electrons. The molecule has 0 atom stereocenters. The third kappa shape index (κ3) is 2.49. The highest BCUT2D eigenvalue weighted by Gasteiger charge is 2.21. The Balaban J connectivity index is 2.94. The number of hydrogen-bond donors (Lipinski definition) is 1. The first kappa shape index (κ1) is 11.5. The van der Waals surface area contributed by atoms with Gasteiger partial charge in [-0.05, 0) is 32.0 Å². The number of likely N-dealkylation sites (N-methyl/N-ethyl adjacent to an activating group) is 1. The van der Waals surface area contributed by atoms with E-state index in [1.54, 1.807) is 0 Å². The molecule has 0 fully saturated rings. The van der Waals surface area contributed by atoms with Crippen molar-refractivity contribution < 1.29 is 0 Å². The van der Waals surface area contributed by atoms with Gasteiger partial charge in [0.15, 0.2) is 0 Å². The number of hydrogen-bond acceptors (Lipinski definition) is 2. The van der Waals surface area contributed by atoms with Gasteiger partial charge in [-0.3, -0.25) is 0 Å². The molecule has 0 aromatic heterocycles. The van der Waals surface area contributed by atoms with Gasteiger partial charge in [0.25, 0.3) is 0 Å².